The van der Waals surface area contributed by atoms with Crippen molar-refractivity contribution in [3.8, 4) is 5.82 Å². The van der Waals surface area contributed by atoms with Crippen LogP contribution >= 0.6 is 11.3 Å². The first-order valence-electron chi connectivity index (χ1n) is 12.3. The van der Waals surface area contributed by atoms with Gasteiger partial charge in [-0.2, -0.15) is 9.49 Å². The Hall–Kier alpha value is -2.13. The topological polar surface area (TPSA) is 52.4 Å². The van der Waals surface area contributed by atoms with Crippen LogP contribution in [0.5, 0.6) is 0 Å². The lowest BCUT2D eigenvalue weighted by atomic mass is 9.85. The van der Waals surface area contributed by atoms with E-state index in [9.17, 15) is 4.39 Å². The van der Waals surface area contributed by atoms with Crippen LogP contribution in [0.4, 0.5) is 4.39 Å². The number of likely N-dealkylation sites (tertiary alicyclic amines) is 1. The SMILES string of the molecule is Cc1nn(-c2ncccc2COCC2CC2)cc1CN1CCC2(CC1)OCCc1cc(F)sc12. The Labute approximate surface area is 203 Å². The second-order valence-corrected chi connectivity index (χ2v) is 10.9. The fourth-order valence-corrected chi connectivity index (χ4v) is 6.34. The summed E-state index contributed by atoms with van der Waals surface area (Å²) in [5.41, 5.74) is 4.13. The highest BCUT2D eigenvalue weighted by atomic mass is 32.1. The Kier molecular flexibility index (Phi) is 6.01. The number of halogens is 1. The molecule has 8 heteroatoms. The van der Waals surface area contributed by atoms with Crippen molar-refractivity contribution in [1.82, 2.24) is 19.7 Å². The maximum atomic E-state index is 13.9. The number of fused-ring (bicyclic) bond motifs is 2. The van der Waals surface area contributed by atoms with E-state index in [4.69, 9.17) is 14.6 Å². The summed E-state index contributed by atoms with van der Waals surface area (Å²) in [5.74, 6) is 1.58. The Morgan fingerprint density at radius 1 is 1.26 bits per heavy atom. The van der Waals surface area contributed by atoms with E-state index in [0.717, 1.165) is 78.9 Å². The zero-order chi connectivity index (χ0) is 23.1. The predicted molar refractivity (Wildman–Crippen MR) is 129 cm³/mol. The monoisotopic (exact) mass is 482 g/mol. The second-order valence-electron chi connectivity index (χ2n) is 9.90. The lowest BCUT2D eigenvalue weighted by Crippen LogP contribution is -2.45. The molecule has 0 N–H and O–H groups in total. The van der Waals surface area contributed by atoms with Gasteiger partial charge in [-0.25, -0.2) is 9.67 Å². The van der Waals surface area contributed by atoms with Crippen molar-refractivity contribution in [2.24, 2.45) is 5.92 Å². The molecule has 0 aromatic carbocycles. The minimum atomic E-state index is -0.304. The van der Waals surface area contributed by atoms with Crippen LogP contribution in [0.2, 0.25) is 0 Å². The number of thiophene rings is 1. The molecule has 34 heavy (non-hydrogen) atoms. The molecule has 0 amide bonds. The molecule has 1 saturated heterocycles. The van der Waals surface area contributed by atoms with Gasteiger partial charge in [-0.15, -0.1) is 11.3 Å². The van der Waals surface area contributed by atoms with Crippen LogP contribution in [-0.2, 0) is 34.6 Å². The van der Waals surface area contributed by atoms with Gasteiger partial charge < -0.3 is 9.47 Å². The summed E-state index contributed by atoms with van der Waals surface area (Å²) in [6.07, 6.45) is 9.11. The Morgan fingerprint density at radius 3 is 2.94 bits per heavy atom. The van der Waals surface area contributed by atoms with Gasteiger partial charge >= 0.3 is 0 Å². The number of pyridine rings is 1. The number of aromatic nitrogens is 3. The predicted octanol–water partition coefficient (Wildman–Crippen LogP) is 4.77. The van der Waals surface area contributed by atoms with E-state index in [2.05, 4.69) is 29.1 Å². The fraction of sp³-hybridized carbons (Fsp3) is 0.538. The van der Waals surface area contributed by atoms with Crippen LogP contribution in [0, 0.1) is 18.0 Å². The third kappa shape index (κ3) is 4.44. The molecule has 2 aliphatic heterocycles. The summed E-state index contributed by atoms with van der Waals surface area (Å²) in [4.78, 5) is 8.18. The van der Waals surface area contributed by atoms with Gasteiger partial charge in [-0.05, 0) is 62.6 Å². The van der Waals surface area contributed by atoms with Crippen molar-refractivity contribution in [2.45, 2.75) is 57.8 Å². The summed E-state index contributed by atoms with van der Waals surface area (Å²) in [6, 6.07) is 5.73. The molecule has 0 radical (unpaired) electrons. The molecular weight excluding hydrogens is 451 g/mol. The van der Waals surface area contributed by atoms with Crippen LogP contribution in [-0.4, -0.2) is 46.0 Å². The van der Waals surface area contributed by atoms with Crippen LogP contribution in [0.15, 0.2) is 30.6 Å². The number of hydrogen-bond acceptors (Lipinski definition) is 6. The summed E-state index contributed by atoms with van der Waals surface area (Å²) in [6.45, 7) is 6.83. The highest BCUT2D eigenvalue weighted by Gasteiger charge is 2.42. The molecule has 180 valence electrons. The number of ether oxygens (including phenoxy) is 2. The van der Waals surface area contributed by atoms with E-state index in [1.807, 2.05) is 16.9 Å². The molecule has 3 aliphatic rings. The van der Waals surface area contributed by atoms with Gasteiger partial charge in [-0.3, -0.25) is 4.90 Å². The molecule has 3 aromatic heterocycles. The minimum Gasteiger partial charge on any atom is -0.376 e. The quantitative estimate of drug-likeness (QED) is 0.486. The molecule has 1 saturated carbocycles. The standard InChI is InChI=1S/C26H31FN4O2S/c1-18-22(15-31(29-18)25-21(3-2-9-28-25)17-32-16-19-4-5-19)14-30-10-7-26(8-11-30)24-20(6-12-33-26)13-23(27)34-24/h2-3,9,13,15,19H,4-8,10-12,14,16-17H2,1H3. The van der Waals surface area contributed by atoms with Gasteiger partial charge in [-0.1, -0.05) is 6.07 Å². The van der Waals surface area contributed by atoms with Crippen LogP contribution in [0.3, 0.4) is 0 Å². The van der Waals surface area contributed by atoms with Gasteiger partial charge in [0.15, 0.2) is 10.9 Å². The Balaban J connectivity index is 1.13. The van der Waals surface area contributed by atoms with Crippen LogP contribution < -0.4 is 0 Å². The molecule has 0 unspecified atom stereocenters. The molecule has 6 nitrogen and oxygen atoms in total. The van der Waals surface area contributed by atoms with Crippen LogP contribution in [0.1, 0.15) is 52.9 Å². The van der Waals surface area contributed by atoms with E-state index in [-0.39, 0.29) is 10.7 Å². The number of aryl methyl sites for hydroxylation is 1. The molecule has 3 aromatic rings. The lowest BCUT2D eigenvalue weighted by Gasteiger charge is -2.43. The smallest absolute Gasteiger partial charge is 0.177 e. The first kappa shape index (κ1) is 22.3. The zero-order valence-corrected chi connectivity index (χ0v) is 20.5. The molecule has 0 bridgehead atoms. The average Bonchev–Trinajstić information content (AvgIpc) is 3.47. The van der Waals surface area contributed by atoms with Gasteiger partial charge in [0.1, 0.15) is 5.60 Å². The van der Waals surface area contributed by atoms with E-state index < -0.39 is 0 Å². The summed E-state index contributed by atoms with van der Waals surface area (Å²) in [5, 5.41) is 4.70. The van der Waals surface area contributed by atoms with E-state index >= 15 is 0 Å². The number of nitrogens with zero attached hydrogens (tertiary/aromatic N) is 4. The van der Waals surface area contributed by atoms with Gasteiger partial charge in [0.25, 0.3) is 0 Å². The van der Waals surface area contributed by atoms with Crippen molar-refractivity contribution >= 4 is 11.3 Å². The molecule has 1 aliphatic carbocycles. The number of rotatable bonds is 7. The third-order valence-electron chi connectivity index (χ3n) is 7.39. The van der Waals surface area contributed by atoms with Gasteiger partial charge in [0.05, 0.1) is 18.9 Å². The summed E-state index contributed by atoms with van der Waals surface area (Å²) in [7, 11) is 0. The second kappa shape index (κ2) is 9.15. The molecule has 5 heterocycles. The third-order valence-corrected chi connectivity index (χ3v) is 8.54. The highest BCUT2D eigenvalue weighted by molar-refractivity contribution is 7.10. The maximum Gasteiger partial charge on any atom is 0.177 e. The van der Waals surface area contributed by atoms with Gasteiger partial charge in [0.2, 0.25) is 0 Å². The maximum absolute atomic E-state index is 13.9. The molecular formula is C26H31FN4O2S. The van der Waals surface area contributed by atoms with Crippen molar-refractivity contribution in [3.63, 3.8) is 0 Å². The largest absolute Gasteiger partial charge is 0.376 e. The van der Waals surface area contributed by atoms with E-state index in [1.165, 1.54) is 29.7 Å². The van der Waals surface area contributed by atoms with Gasteiger partial charge in [0, 0.05) is 54.6 Å². The first-order chi connectivity index (χ1) is 16.6. The van der Waals surface area contributed by atoms with Crippen molar-refractivity contribution in [3.05, 3.63) is 63.0 Å². The average molecular weight is 483 g/mol. The summed E-state index contributed by atoms with van der Waals surface area (Å²) >= 11 is 1.28. The van der Waals surface area contributed by atoms with E-state index in [1.54, 1.807) is 6.07 Å². The first-order valence-corrected chi connectivity index (χ1v) is 13.1. The fourth-order valence-electron chi connectivity index (χ4n) is 5.20. The molecule has 6 rings (SSSR count). The summed E-state index contributed by atoms with van der Waals surface area (Å²) < 4.78 is 28.0. The molecule has 2 fully saturated rings. The number of hydrogen-bond donors (Lipinski definition) is 0. The van der Waals surface area contributed by atoms with Crippen LogP contribution in [0.25, 0.3) is 5.82 Å². The lowest BCUT2D eigenvalue weighted by molar-refractivity contribution is -0.0960. The number of piperidine rings is 1. The normalized spacial score (nSPS) is 20.1. The Morgan fingerprint density at radius 2 is 2.12 bits per heavy atom. The van der Waals surface area contributed by atoms with E-state index in [0.29, 0.717) is 13.2 Å². The zero-order valence-electron chi connectivity index (χ0n) is 19.6. The molecule has 0 atom stereocenters. The van der Waals surface area contributed by atoms with Crippen molar-refractivity contribution in [2.75, 3.05) is 26.3 Å². The minimum absolute atomic E-state index is 0.0906. The Bertz CT molecular complexity index is 1160. The van der Waals surface area contributed by atoms with Crippen molar-refractivity contribution in [1.29, 1.82) is 0 Å². The highest BCUT2D eigenvalue weighted by Crippen LogP contribution is 2.45. The molecule has 1 spiro atoms. The van der Waals surface area contributed by atoms with Crippen molar-refractivity contribution < 1.29 is 13.9 Å².